The molecule has 0 fully saturated rings. The minimum atomic E-state index is -2.90. The van der Waals surface area contributed by atoms with E-state index in [9.17, 15) is 23.7 Å². The van der Waals surface area contributed by atoms with Gasteiger partial charge in [-0.15, -0.1) is 0 Å². The fourth-order valence-corrected chi connectivity index (χ4v) is 1.90. The third-order valence-corrected chi connectivity index (χ3v) is 2.98. The van der Waals surface area contributed by atoms with Crippen LogP contribution in [0.25, 0.3) is 0 Å². The molecular weight excluding hydrogens is 328 g/mol. The Hall–Kier alpha value is -3.11. The van der Waals surface area contributed by atoms with E-state index in [2.05, 4.69) is 20.1 Å². The number of ether oxygens (including phenoxy) is 1. The number of benzene rings is 1. The van der Waals surface area contributed by atoms with Crippen LogP contribution in [-0.2, 0) is 11.3 Å². The third kappa shape index (κ3) is 4.69. The molecule has 1 N–H and O–H groups in total. The highest BCUT2D eigenvalue weighted by atomic mass is 19.3. The van der Waals surface area contributed by atoms with Gasteiger partial charge in [0, 0.05) is 5.10 Å². The Morgan fingerprint density at radius 1 is 1.42 bits per heavy atom. The largest absolute Gasteiger partial charge is 0.490 e. The van der Waals surface area contributed by atoms with Gasteiger partial charge in [0.1, 0.15) is 12.3 Å². The van der Waals surface area contributed by atoms with Gasteiger partial charge in [-0.05, 0) is 29.5 Å². The smallest absolute Gasteiger partial charge is 0.435 e. The lowest BCUT2D eigenvalue weighted by Crippen LogP contribution is -2.30. The maximum atomic E-state index is 12.1. The Morgan fingerprint density at radius 2 is 2.08 bits per heavy atom. The number of alkyl halides is 2. The maximum absolute atomic E-state index is 12.1. The summed E-state index contributed by atoms with van der Waals surface area (Å²) >= 11 is 0. The van der Waals surface area contributed by atoms with Crippen LogP contribution in [0.2, 0.25) is 0 Å². The molecule has 1 amide bonds. The molecule has 2 aromatic rings. The van der Waals surface area contributed by atoms with Crippen LogP contribution in [0.4, 0.5) is 14.7 Å². The summed E-state index contributed by atoms with van der Waals surface area (Å²) in [4.78, 5) is 25.0. The number of nitrogens with zero attached hydrogens (tertiary/aromatic N) is 4. The molecule has 0 bridgehead atoms. The van der Waals surface area contributed by atoms with Gasteiger partial charge in [0.05, 0.1) is 6.04 Å². The Balaban J connectivity index is 1.91. The number of hydrogen-bond acceptors (Lipinski definition) is 6. The lowest BCUT2D eigenvalue weighted by Gasteiger charge is -2.14. The molecule has 0 spiro atoms. The molecule has 24 heavy (non-hydrogen) atoms. The SMILES string of the molecule is C[C@@H](NC(=O)Cn1cnc([N+](=O)[O-])n1)c1ccc(OC(F)F)cc1. The first-order valence-electron chi connectivity index (χ1n) is 6.73. The van der Waals surface area contributed by atoms with Gasteiger partial charge >= 0.3 is 12.6 Å². The van der Waals surface area contributed by atoms with Gasteiger partial charge in [0.25, 0.3) is 0 Å². The van der Waals surface area contributed by atoms with Crippen molar-refractivity contribution in [2.24, 2.45) is 0 Å². The molecule has 0 aliphatic rings. The van der Waals surface area contributed by atoms with Crippen LogP contribution in [0.1, 0.15) is 18.5 Å². The molecule has 0 unspecified atom stereocenters. The summed E-state index contributed by atoms with van der Waals surface area (Å²) in [6.07, 6.45) is 1.08. The predicted molar refractivity (Wildman–Crippen MR) is 76.3 cm³/mol. The normalized spacial score (nSPS) is 12.0. The third-order valence-electron chi connectivity index (χ3n) is 2.98. The minimum absolute atomic E-state index is 0.0159. The van der Waals surface area contributed by atoms with Crippen LogP contribution in [0.3, 0.4) is 0 Å². The summed E-state index contributed by atoms with van der Waals surface area (Å²) in [5.41, 5.74) is 0.675. The van der Waals surface area contributed by atoms with E-state index in [4.69, 9.17) is 0 Å². The number of hydrogen-bond donors (Lipinski definition) is 1. The number of carbonyl (C=O) groups is 1. The van der Waals surface area contributed by atoms with Crippen molar-refractivity contribution in [2.75, 3.05) is 0 Å². The average molecular weight is 341 g/mol. The summed E-state index contributed by atoms with van der Waals surface area (Å²) in [6, 6.07) is 5.42. The quantitative estimate of drug-likeness (QED) is 0.605. The molecule has 0 saturated heterocycles. The number of nitrogens with one attached hydrogen (secondary N) is 1. The number of amides is 1. The van der Waals surface area contributed by atoms with Crippen molar-refractivity contribution in [1.82, 2.24) is 20.1 Å². The van der Waals surface area contributed by atoms with E-state index in [1.807, 2.05) is 0 Å². The number of nitro groups is 1. The monoisotopic (exact) mass is 341 g/mol. The summed E-state index contributed by atoms with van der Waals surface area (Å²) in [7, 11) is 0. The first kappa shape index (κ1) is 17.2. The molecule has 0 radical (unpaired) electrons. The van der Waals surface area contributed by atoms with Crippen molar-refractivity contribution in [2.45, 2.75) is 26.1 Å². The zero-order valence-corrected chi connectivity index (χ0v) is 12.4. The van der Waals surface area contributed by atoms with E-state index in [1.54, 1.807) is 19.1 Å². The second-order valence-corrected chi connectivity index (χ2v) is 4.74. The number of rotatable bonds is 7. The van der Waals surface area contributed by atoms with Gasteiger partial charge in [-0.2, -0.15) is 13.5 Å². The fraction of sp³-hybridized carbons (Fsp3) is 0.308. The maximum Gasteiger partial charge on any atom is 0.490 e. The highest BCUT2D eigenvalue weighted by molar-refractivity contribution is 5.76. The summed E-state index contributed by atoms with van der Waals surface area (Å²) in [5.74, 6) is -1.01. The van der Waals surface area contributed by atoms with Crippen molar-refractivity contribution in [3.05, 3.63) is 46.3 Å². The molecule has 1 atom stereocenters. The summed E-state index contributed by atoms with van der Waals surface area (Å²) < 4.78 is 29.4. The van der Waals surface area contributed by atoms with Crippen molar-refractivity contribution in [1.29, 1.82) is 0 Å². The minimum Gasteiger partial charge on any atom is -0.435 e. The van der Waals surface area contributed by atoms with E-state index in [0.717, 1.165) is 11.0 Å². The highest BCUT2D eigenvalue weighted by Crippen LogP contribution is 2.19. The van der Waals surface area contributed by atoms with E-state index < -0.39 is 29.4 Å². The van der Waals surface area contributed by atoms with Crippen LogP contribution >= 0.6 is 0 Å². The van der Waals surface area contributed by atoms with Crippen molar-refractivity contribution in [3.8, 4) is 5.75 Å². The van der Waals surface area contributed by atoms with Gasteiger partial charge in [-0.25, -0.2) is 0 Å². The lowest BCUT2D eigenvalue weighted by atomic mass is 10.1. The van der Waals surface area contributed by atoms with Crippen molar-refractivity contribution in [3.63, 3.8) is 0 Å². The van der Waals surface area contributed by atoms with Crippen LogP contribution in [0.15, 0.2) is 30.6 Å². The summed E-state index contributed by atoms with van der Waals surface area (Å²) in [6.45, 7) is -1.44. The first-order chi connectivity index (χ1) is 11.3. The molecular formula is C13H13F2N5O4. The van der Waals surface area contributed by atoms with Gasteiger partial charge < -0.3 is 20.2 Å². The molecule has 128 valence electrons. The Morgan fingerprint density at radius 3 is 2.62 bits per heavy atom. The van der Waals surface area contributed by atoms with Crippen LogP contribution in [0, 0.1) is 10.1 Å². The lowest BCUT2D eigenvalue weighted by molar-refractivity contribution is -0.394. The first-order valence-corrected chi connectivity index (χ1v) is 6.73. The topological polar surface area (TPSA) is 112 Å². The molecule has 0 aliphatic heterocycles. The van der Waals surface area contributed by atoms with Gasteiger partial charge in [0.15, 0.2) is 0 Å². The second kappa shape index (κ2) is 7.44. The van der Waals surface area contributed by atoms with E-state index in [0.29, 0.717) is 5.56 Å². The predicted octanol–water partition coefficient (Wildman–Crippen LogP) is 1.67. The fourth-order valence-electron chi connectivity index (χ4n) is 1.90. The van der Waals surface area contributed by atoms with Crippen molar-refractivity contribution < 1.29 is 23.2 Å². The average Bonchev–Trinajstić information content (AvgIpc) is 2.95. The number of carbonyl (C=O) groups excluding carboxylic acids is 1. The van der Waals surface area contributed by atoms with Gasteiger partial charge in [-0.1, -0.05) is 17.1 Å². The molecule has 0 saturated carbocycles. The highest BCUT2D eigenvalue weighted by Gasteiger charge is 2.16. The Labute approximate surface area is 134 Å². The molecule has 1 heterocycles. The zero-order chi connectivity index (χ0) is 17.7. The molecule has 1 aromatic heterocycles. The number of aromatic nitrogens is 3. The Bertz CT molecular complexity index is 719. The molecule has 0 aliphatic carbocycles. The summed E-state index contributed by atoms with van der Waals surface area (Å²) in [5, 5.41) is 16.7. The zero-order valence-electron chi connectivity index (χ0n) is 12.4. The van der Waals surface area contributed by atoms with Gasteiger partial charge in [-0.3, -0.25) is 4.79 Å². The van der Waals surface area contributed by atoms with Crippen molar-refractivity contribution >= 4 is 11.9 Å². The van der Waals surface area contributed by atoms with E-state index >= 15 is 0 Å². The van der Waals surface area contributed by atoms with Crippen LogP contribution in [0.5, 0.6) is 5.75 Å². The van der Waals surface area contributed by atoms with E-state index in [-0.39, 0.29) is 12.3 Å². The standard InChI is InChI=1S/C13H13F2N5O4/c1-8(9-2-4-10(5-3-9)24-12(14)15)17-11(21)6-19-7-16-13(18-19)20(22)23/h2-5,7-8,12H,6H2,1H3,(H,17,21)/t8-/m1/s1. The van der Waals surface area contributed by atoms with Crippen LogP contribution in [-0.4, -0.2) is 32.2 Å². The molecule has 2 rings (SSSR count). The van der Waals surface area contributed by atoms with E-state index in [1.165, 1.54) is 12.1 Å². The molecule has 11 heteroatoms. The molecule has 9 nitrogen and oxygen atoms in total. The second-order valence-electron chi connectivity index (χ2n) is 4.74. The van der Waals surface area contributed by atoms with Gasteiger partial charge in [0.2, 0.25) is 12.2 Å². The number of halogens is 2. The van der Waals surface area contributed by atoms with Crippen LogP contribution < -0.4 is 10.1 Å². The Kier molecular flexibility index (Phi) is 5.35. The molecule has 1 aromatic carbocycles.